The Balaban J connectivity index is 2.02. The van der Waals surface area contributed by atoms with Gasteiger partial charge in [-0.25, -0.2) is 9.59 Å². The zero-order valence-electron chi connectivity index (χ0n) is 14.9. The fourth-order valence-electron chi connectivity index (χ4n) is 2.68. The van der Waals surface area contributed by atoms with Crippen molar-refractivity contribution >= 4 is 12.1 Å². The normalized spacial score (nSPS) is 18.6. The van der Waals surface area contributed by atoms with Gasteiger partial charge in [-0.15, -0.1) is 0 Å². The lowest BCUT2D eigenvalue weighted by molar-refractivity contribution is -0.131. The van der Waals surface area contributed by atoms with Gasteiger partial charge in [-0.1, -0.05) is 24.8 Å². The van der Waals surface area contributed by atoms with Gasteiger partial charge in [0, 0.05) is 6.54 Å². The van der Waals surface area contributed by atoms with E-state index in [1.807, 2.05) is 0 Å². The molecule has 0 saturated carbocycles. The van der Waals surface area contributed by atoms with E-state index in [4.69, 9.17) is 9.47 Å². The number of ether oxygens (including phenoxy) is 2. The number of aliphatic hydroxyl groups is 1. The molecule has 0 spiro atoms. The van der Waals surface area contributed by atoms with E-state index < -0.39 is 29.8 Å². The lowest BCUT2D eigenvalue weighted by atomic mass is 10.0. The lowest BCUT2D eigenvalue weighted by Crippen LogP contribution is -2.46. The highest BCUT2D eigenvalue weighted by molar-refractivity contribution is 5.90. The van der Waals surface area contributed by atoms with Crippen LogP contribution in [0.4, 0.5) is 4.79 Å². The molecule has 1 aromatic rings. The number of rotatable bonds is 4. The first-order valence-electron chi connectivity index (χ1n) is 8.33. The van der Waals surface area contributed by atoms with Gasteiger partial charge >= 0.3 is 12.1 Å². The molecule has 6 nitrogen and oxygen atoms in total. The van der Waals surface area contributed by atoms with Crippen LogP contribution >= 0.6 is 0 Å². The molecule has 2 atom stereocenters. The van der Waals surface area contributed by atoms with Crippen LogP contribution in [-0.4, -0.2) is 46.4 Å². The van der Waals surface area contributed by atoms with Gasteiger partial charge in [0.25, 0.3) is 0 Å². The zero-order chi connectivity index (χ0) is 18.6. The van der Waals surface area contributed by atoms with Crippen molar-refractivity contribution in [2.24, 2.45) is 0 Å². The third kappa shape index (κ3) is 5.06. The molecule has 136 valence electrons. The molecule has 0 bridgehead atoms. The molecule has 25 heavy (non-hydrogen) atoms. The molecule has 0 radical (unpaired) electrons. The summed E-state index contributed by atoms with van der Waals surface area (Å²) < 4.78 is 10.6. The fraction of sp³-hybridized carbons (Fsp3) is 0.474. The maximum absolute atomic E-state index is 12.3. The topological polar surface area (TPSA) is 76.1 Å². The minimum absolute atomic E-state index is 0.0793. The van der Waals surface area contributed by atoms with E-state index in [1.165, 1.54) is 4.90 Å². The summed E-state index contributed by atoms with van der Waals surface area (Å²) in [7, 11) is 0. The summed E-state index contributed by atoms with van der Waals surface area (Å²) in [5.41, 5.74) is -0.706. The van der Waals surface area contributed by atoms with Gasteiger partial charge in [0.2, 0.25) is 0 Å². The third-order valence-corrected chi connectivity index (χ3v) is 3.86. The number of carbonyl (C=O) groups excluding carboxylic acids is 2. The average molecular weight is 347 g/mol. The summed E-state index contributed by atoms with van der Waals surface area (Å²) in [6, 6.07) is 8.01. The second-order valence-electron chi connectivity index (χ2n) is 7.06. The molecule has 1 heterocycles. The van der Waals surface area contributed by atoms with Crippen LogP contribution < -0.4 is 4.74 Å². The van der Waals surface area contributed by atoms with E-state index in [0.717, 1.165) is 6.42 Å². The maximum Gasteiger partial charge on any atom is 0.410 e. The average Bonchev–Trinajstić information content (AvgIpc) is 3.02. The molecule has 1 aromatic carbocycles. The first-order chi connectivity index (χ1) is 11.7. The third-order valence-electron chi connectivity index (χ3n) is 3.86. The van der Waals surface area contributed by atoms with Crippen molar-refractivity contribution in [1.29, 1.82) is 0 Å². The van der Waals surface area contributed by atoms with Crippen molar-refractivity contribution in [1.82, 2.24) is 4.90 Å². The number of hydrogen-bond acceptors (Lipinski definition) is 5. The summed E-state index contributed by atoms with van der Waals surface area (Å²) >= 11 is 0. The van der Waals surface area contributed by atoms with Crippen molar-refractivity contribution in [2.75, 3.05) is 6.54 Å². The fourth-order valence-corrected chi connectivity index (χ4v) is 2.68. The molecule has 6 heteroatoms. The molecule has 1 aliphatic rings. The summed E-state index contributed by atoms with van der Waals surface area (Å²) in [5, 5.41) is 10.5. The first-order valence-corrected chi connectivity index (χ1v) is 8.33. The number of carbonyl (C=O) groups is 2. The van der Waals surface area contributed by atoms with Crippen molar-refractivity contribution in [3.05, 3.63) is 42.5 Å². The number of amides is 1. The molecule has 1 N–H and O–H groups in total. The summed E-state index contributed by atoms with van der Waals surface area (Å²) in [4.78, 5) is 26.0. The lowest BCUT2D eigenvalue weighted by Gasteiger charge is -2.31. The van der Waals surface area contributed by atoms with Crippen LogP contribution in [0.25, 0.3) is 0 Å². The van der Waals surface area contributed by atoms with E-state index in [9.17, 15) is 14.7 Å². The molecule has 1 fully saturated rings. The Morgan fingerprint density at radius 1 is 1.28 bits per heavy atom. The molecule has 0 aromatic heterocycles. The summed E-state index contributed by atoms with van der Waals surface area (Å²) in [5.74, 6) is -0.342. The Morgan fingerprint density at radius 2 is 1.92 bits per heavy atom. The molecule has 1 saturated heterocycles. The monoisotopic (exact) mass is 347 g/mol. The molecular formula is C19H25NO5. The van der Waals surface area contributed by atoms with Crippen LogP contribution in [0.15, 0.2) is 42.5 Å². The highest BCUT2D eigenvalue weighted by atomic mass is 16.6. The predicted molar refractivity (Wildman–Crippen MR) is 93.2 cm³/mol. The van der Waals surface area contributed by atoms with Crippen LogP contribution in [0.3, 0.4) is 0 Å². The number of nitrogens with zero attached hydrogens (tertiary/aromatic N) is 1. The van der Waals surface area contributed by atoms with Gasteiger partial charge in [0.1, 0.15) is 17.5 Å². The van der Waals surface area contributed by atoms with Crippen molar-refractivity contribution in [2.45, 2.75) is 51.4 Å². The Kier molecular flexibility index (Phi) is 5.85. The van der Waals surface area contributed by atoms with Crippen molar-refractivity contribution < 1.29 is 24.2 Å². The molecule has 1 aliphatic heterocycles. The SMILES string of the molecule is C=C(C(=O)Oc1ccccc1)[C@@H](O)[C@@H]1CCCN1C(=O)OC(C)(C)C. The van der Waals surface area contributed by atoms with Gasteiger partial charge in [0.15, 0.2) is 0 Å². The first kappa shape index (κ1) is 19.0. The smallest absolute Gasteiger partial charge is 0.410 e. The summed E-state index contributed by atoms with van der Waals surface area (Å²) in [6.07, 6.45) is -0.412. The van der Waals surface area contributed by atoms with E-state index >= 15 is 0 Å². The van der Waals surface area contributed by atoms with Crippen molar-refractivity contribution in [3.63, 3.8) is 0 Å². The van der Waals surface area contributed by atoms with Gasteiger partial charge < -0.3 is 19.5 Å². The van der Waals surface area contributed by atoms with Crippen LogP contribution in [0.1, 0.15) is 33.6 Å². The number of benzene rings is 1. The Morgan fingerprint density at radius 3 is 2.52 bits per heavy atom. The second-order valence-corrected chi connectivity index (χ2v) is 7.06. The molecule has 0 aliphatic carbocycles. The van der Waals surface area contributed by atoms with Crippen LogP contribution in [0.2, 0.25) is 0 Å². The largest absolute Gasteiger partial charge is 0.444 e. The molecule has 0 unspecified atom stereocenters. The molecule has 2 rings (SSSR count). The Bertz CT molecular complexity index is 635. The highest BCUT2D eigenvalue weighted by Crippen LogP contribution is 2.26. The minimum atomic E-state index is -1.20. The number of hydrogen-bond donors (Lipinski definition) is 1. The number of esters is 1. The van der Waals surface area contributed by atoms with Gasteiger partial charge in [-0.05, 0) is 45.7 Å². The second kappa shape index (κ2) is 7.70. The van der Waals surface area contributed by atoms with E-state index in [1.54, 1.807) is 51.1 Å². The van der Waals surface area contributed by atoms with Gasteiger partial charge in [-0.2, -0.15) is 0 Å². The zero-order valence-corrected chi connectivity index (χ0v) is 14.9. The minimum Gasteiger partial charge on any atom is -0.444 e. The molecule has 1 amide bonds. The maximum atomic E-state index is 12.3. The van der Waals surface area contributed by atoms with Crippen LogP contribution in [-0.2, 0) is 9.53 Å². The predicted octanol–water partition coefficient (Wildman–Crippen LogP) is 2.91. The standard InChI is InChI=1S/C19H25NO5/c1-13(17(22)24-14-9-6-5-7-10-14)16(21)15-11-8-12-20(15)18(23)25-19(2,3)4/h5-7,9-10,15-16,21H,1,8,11-12H2,2-4H3/t15-,16+/m0/s1. The van der Waals surface area contributed by atoms with E-state index in [2.05, 4.69) is 6.58 Å². The van der Waals surface area contributed by atoms with Crippen LogP contribution in [0, 0.1) is 0 Å². The summed E-state index contributed by atoms with van der Waals surface area (Å²) in [6.45, 7) is 9.47. The number of likely N-dealkylation sites (tertiary alicyclic amines) is 1. The van der Waals surface area contributed by atoms with Gasteiger partial charge in [0.05, 0.1) is 11.6 Å². The molecular weight excluding hydrogens is 322 g/mol. The van der Waals surface area contributed by atoms with Crippen molar-refractivity contribution in [3.8, 4) is 5.75 Å². The Labute approximate surface area is 148 Å². The quantitative estimate of drug-likeness (QED) is 0.515. The van der Waals surface area contributed by atoms with E-state index in [-0.39, 0.29) is 5.57 Å². The van der Waals surface area contributed by atoms with Gasteiger partial charge in [-0.3, -0.25) is 0 Å². The Hall–Kier alpha value is -2.34. The van der Waals surface area contributed by atoms with E-state index in [0.29, 0.717) is 18.7 Å². The highest BCUT2D eigenvalue weighted by Gasteiger charge is 2.39. The number of para-hydroxylation sites is 1. The number of aliphatic hydroxyl groups excluding tert-OH is 1. The van der Waals surface area contributed by atoms with Crippen LogP contribution in [0.5, 0.6) is 5.75 Å².